The zero-order valence-electron chi connectivity index (χ0n) is 10.8. The number of nitrogens with zero attached hydrogens (tertiary/aromatic N) is 1. The smallest absolute Gasteiger partial charge is 0.267 e. The summed E-state index contributed by atoms with van der Waals surface area (Å²) in [4.78, 5) is 11.9. The lowest BCUT2D eigenvalue weighted by molar-refractivity contribution is -0.112. The molecule has 0 heterocycles. The molecule has 0 fully saturated rings. The Morgan fingerprint density at radius 1 is 1.39 bits per heavy atom. The SMILES string of the molecule is CN/C=C(/C#N)C(=O)Nc1ccccc1C(C)C. The molecule has 1 rings (SSSR count). The summed E-state index contributed by atoms with van der Waals surface area (Å²) < 4.78 is 0. The van der Waals surface area contributed by atoms with Crippen molar-refractivity contribution >= 4 is 11.6 Å². The summed E-state index contributed by atoms with van der Waals surface area (Å²) in [5, 5.41) is 14.3. The van der Waals surface area contributed by atoms with Gasteiger partial charge >= 0.3 is 0 Å². The van der Waals surface area contributed by atoms with Crippen LogP contribution < -0.4 is 10.6 Å². The minimum absolute atomic E-state index is 0.0519. The molecule has 1 aromatic carbocycles. The Morgan fingerprint density at radius 3 is 2.61 bits per heavy atom. The average molecular weight is 243 g/mol. The predicted molar refractivity (Wildman–Crippen MR) is 71.9 cm³/mol. The number of nitriles is 1. The molecule has 0 radical (unpaired) electrons. The van der Waals surface area contributed by atoms with Crippen LogP contribution in [0.2, 0.25) is 0 Å². The van der Waals surface area contributed by atoms with Gasteiger partial charge in [-0.1, -0.05) is 32.0 Å². The maximum absolute atomic E-state index is 11.9. The van der Waals surface area contributed by atoms with Gasteiger partial charge in [-0.25, -0.2) is 0 Å². The molecule has 94 valence electrons. The van der Waals surface area contributed by atoms with Crippen molar-refractivity contribution in [3.63, 3.8) is 0 Å². The number of benzene rings is 1. The summed E-state index contributed by atoms with van der Waals surface area (Å²) in [5.74, 6) is -0.0970. The van der Waals surface area contributed by atoms with Gasteiger partial charge < -0.3 is 10.6 Å². The second-order valence-electron chi connectivity index (χ2n) is 4.15. The summed E-state index contributed by atoms with van der Waals surface area (Å²) in [5.41, 5.74) is 1.85. The average Bonchev–Trinajstić information content (AvgIpc) is 2.36. The Labute approximate surface area is 107 Å². The zero-order valence-corrected chi connectivity index (χ0v) is 10.8. The molecule has 1 amide bonds. The van der Waals surface area contributed by atoms with Crippen molar-refractivity contribution < 1.29 is 4.79 Å². The summed E-state index contributed by atoms with van der Waals surface area (Å²) in [6.45, 7) is 4.11. The van der Waals surface area contributed by atoms with E-state index in [2.05, 4.69) is 24.5 Å². The van der Waals surface area contributed by atoms with E-state index in [0.717, 1.165) is 11.3 Å². The van der Waals surface area contributed by atoms with Crippen LogP contribution >= 0.6 is 0 Å². The first-order valence-corrected chi connectivity index (χ1v) is 5.78. The molecule has 18 heavy (non-hydrogen) atoms. The fourth-order valence-corrected chi connectivity index (χ4v) is 1.60. The van der Waals surface area contributed by atoms with E-state index in [0.29, 0.717) is 5.92 Å². The monoisotopic (exact) mass is 243 g/mol. The fourth-order valence-electron chi connectivity index (χ4n) is 1.60. The summed E-state index contributed by atoms with van der Waals surface area (Å²) in [7, 11) is 1.65. The highest BCUT2D eigenvalue weighted by Gasteiger charge is 2.12. The third-order valence-electron chi connectivity index (χ3n) is 2.48. The molecule has 0 spiro atoms. The second kappa shape index (κ2) is 6.45. The lowest BCUT2D eigenvalue weighted by Gasteiger charge is -2.13. The third-order valence-corrected chi connectivity index (χ3v) is 2.48. The highest BCUT2D eigenvalue weighted by atomic mass is 16.1. The first-order valence-electron chi connectivity index (χ1n) is 5.78. The van der Waals surface area contributed by atoms with Crippen LogP contribution in [0.15, 0.2) is 36.0 Å². The van der Waals surface area contributed by atoms with Crippen LogP contribution in [0.4, 0.5) is 5.69 Å². The lowest BCUT2D eigenvalue weighted by Crippen LogP contribution is -2.16. The van der Waals surface area contributed by atoms with Crippen LogP contribution in [0, 0.1) is 11.3 Å². The minimum Gasteiger partial charge on any atom is -0.393 e. The van der Waals surface area contributed by atoms with Crippen LogP contribution in [0.25, 0.3) is 0 Å². The Balaban J connectivity index is 2.96. The van der Waals surface area contributed by atoms with E-state index in [1.54, 1.807) is 7.05 Å². The van der Waals surface area contributed by atoms with Gasteiger partial charge in [0.25, 0.3) is 5.91 Å². The molecule has 0 saturated heterocycles. The third kappa shape index (κ3) is 3.36. The van der Waals surface area contributed by atoms with E-state index >= 15 is 0 Å². The Hall–Kier alpha value is -2.28. The first-order chi connectivity index (χ1) is 8.60. The van der Waals surface area contributed by atoms with E-state index in [-0.39, 0.29) is 5.57 Å². The molecule has 0 unspecified atom stereocenters. The molecule has 4 heteroatoms. The Bertz CT molecular complexity index is 498. The number of nitrogens with one attached hydrogen (secondary N) is 2. The van der Waals surface area contributed by atoms with Gasteiger partial charge in [-0.2, -0.15) is 5.26 Å². The van der Waals surface area contributed by atoms with Crippen molar-refractivity contribution in [2.45, 2.75) is 19.8 Å². The van der Waals surface area contributed by atoms with E-state index in [1.165, 1.54) is 6.20 Å². The largest absolute Gasteiger partial charge is 0.393 e. The van der Waals surface area contributed by atoms with Crippen LogP contribution in [0.5, 0.6) is 0 Å². The summed E-state index contributed by atoms with van der Waals surface area (Å²) in [6.07, 6.45) is 1.38. The second-order valence-corrected chi connectivity index (χ2v) is 4.15. The summed E-state index contributed by atoms with van der Waals surface area (Å²) in [6, 6.07) is 9.45. The standard InChI is InChI=1S/C14H17N3O/c1-10(2)12-6-4-5-7-13(12)17-14(18)11(8-15)9-16-3/h4-7,9-10,16H,1-3H3,(H,17,18)/b11-9-. The van der Waals surface area contributed by atoms with Crippen LogP contribution in [-0.4, -0.2) is 13.0 Å². The number of carbonyl (C=O) groups excluding carboxylic acids is 1. The van der Waals surface area contributed by atoms with E-state index in [4.69, 9.17) is 5.26 Å². The number of amides is 1. The normalized spacial score (nSPS) is 10.9. The van der Waals surface area contributed by atoms with Gasteiger partial charge in [0.15, 0.2) is 0 Å². The fraction of sp³-hybridized carbons (Fsp3) is 0.286. The zero-order chi connectivity index (χ0) is 13.5. The van der Waals surface area contributed by atoms with E-state index < -0.39 is 5.91 Å². The van der Waals surface area contributed by atoms with Gasteiger partial charge in [0.05, 0.1) is 0 Å². The van der Waals surface area contributed by atoms with Gasteiger partial charge in [-0.15, -0.1) is 0 Å². The highest BCUT2D eigenvalue weighted by molar-refractivity contribution is 6.06. The number of para-hydroxylation sites is 1. The molecule has 0 aliphatic carbocycles. The number of rotatable bonds is 4. The highest BCUT2D eigenvalue weighted by Crippen LogP contribution is 2.23. The van der Waals surface area contributed by atoms with Gasteiger partial charge in [0.1, 0.15) is 11.6 Å². The van der Waals surface area contributed by atoms with Crippen LogP contribution in [-0.2, 0) is 4.79 Å². The number of anilines is 1. The molecule has 0 bridgehead atoms. The Kier molecular flexibility index (Phi) is 4.94. The molecule has 2 N–H and O–H groups in total. The molecule has 0 aliphatic heterocycles. The van der Waals surface area contributed by atoms with Crippen molar-refractivity contribution in [3.8, 4) is 6.07 Å². The van der Waals surface area contributed by atoms with Gasteiger partial charge in [-0.3, -0.25) is 4.79 Å². The van der Waals surface area contributed by atoms with Crippen molar-refractivity contribution in [2.75, 3.05) is 12.4 Å². The van der Waals surface area contributed by atoms with Crippen molar-refractivity contribution in [2.24, 2.45) is 0 Å². The van der Waals surface area contributed by atoms with Crippen LogP contribution in [0.1, 0.15) is 25.3 Å². The molecule has 4 nitrogen and oxygen atoms in total. The summed E-state index contributed by atoms with van der Waals surface area (Å²) >= 11 is 0. The maximum Gasteiger partial charge on any atom is 0.267 e. The Morgan fingerprint density at radius 2 is 2.06 bits per heavy atom. The number of carbonyl (C=O) groups is 1. The van der Waals surface area contributed by atoms with Gasteiger partial charge in [0.2, 0.25) is 0 Å². The van der Waals surface area contributed by atoms with Crippen molar-refractivity contribution in [3.05, 3.63) is 41.6 Å². The molecule has 0 aliphatic rings. The molecule has 1 aromatic rings. The molecule has 0 saturated carbocycles. The lowest BCUT2D eigenvalue weighted by atomic mass is 10.0. The quantitative estimate of drug-likeness (QED) is 0.630. The van der Waals surface area contributed by atoms with Gasteiger partial charge in [0, 0.05) is 18.9 Å². The molecule has 0 atom stereocenters. The molecular weight excluding hydrogens is 226 g/mol. The van der Waals surface area contributed by atoms with E-state index in [9.17, 15) is 4.79 Å². The van der Waals surface area contributed by atoms with Crippen LogP contribution in [0.3, 0.4) is 0 Å². The molecular formula is C14H17N3O. The maximum atomic E-state index is 11.9. The number of hydrogen-bond donors (Lipinski definition) is 2. The first kappa shape index (κ1) is 13.8. The van der Waals surface area contributed by atoms with Crippen molar-refractivity contribution in [1.82, 2.24) is 5.32 Å². The predicted octanol–water partition coefficient (Wildman–Crippen LogP) is 2.38. The molecule has 0 aromatic heterocycles. The topological polar surface area (TPSA) is 64.9 Å². The minimum atomic E-state index is -0.403. The van der Waals surface area contributed by atoms with Gasteiger partial charge in [-0.05, 0) is 17.5 Å². The van der Waals surface area contributed by atoms with Crippen molar-refractivity contribution in [1.29, 1.82) is 5.26 Å². The van der Waals surface area contributed by atoms with E-state index in [1.807, 2.05) is 30.3 Å². The number of hydrogen-bond acceptors (Lipinski definition) is 3.